The van der Waals surface area contributed by atoms with Gasteiger partial charge in [-0.3, -0.25) is 4.98 Å². The minimum absolute atomic E-state index is 0.0984. The van der Waals surface area contributed by atoms with Crippen molar-refractivity contribution in [3.63, 3.8) is 0 Å². The predicted molar refractivity (Wildman–Crippen MR) is 100 cm³/mol. The second-order valence-electron chi connectivity index (χ2n) is 7.35. The number of hydrogen-bond donors (Lipinski definition) is 0. The van der Waals surface area contributed by atoms with Crippen molar-refractivity contribution in [2.24, 2.45) is 0 Å². The SMILES string of the molecule is C[Si](C)OCc1cc(-c2ccoc2)c2ccc(C(C)(C)C)cc2n1. The van der Waals surface area contributed by atoms with E-state index >= 15 is 0 Å². The number of benzene rings is 1. The van der Waals surface area contributed by atoms with Crippen LogP contribution in [0.25, 0.3) is 22.0 Å². The maximum absolute atomic E-state index is 5.86. The van der Waals surface area contributed by atoms with E-state index < -0.39 is 9.04 Å². The molecule has 1 radical (unpaired) electrons. The first kappa shape index (κ1) is 16.9. The Morgan fingerprint density at radius 1 is 1.12 bits per heavy atom. The summed E-state index contributed by atoms with van der Waals surface area (Å²) in [6, 6.07) is 10.7. The van der Waals surface area contributed by atoms with E-state index in [4.69, 9.17) is 13.8 Å². The molecule has 0 bridgehead atoms. The molecular formula is C20H24NO2Si. The van der Waals surface area contributed by atoms with Crippen molar-refractivity contribution in [1.29, 1.82) is 0 Å². The third-order valence-electron chi connectivity index (χ3n) is 4.07. The van der Waals surface area contributed by atoms with Gasteiger partial charge in [-0.15, -0.1) is 0 Å². The third kappa shape index (κ3) is 3.60. The van der Waals surface area contributed by atoms with E-state index in [1.165, 1.54) is 5.56 Å². The van der Waals surface area contributed by atoms with Crippen molar-refractivity contribution in [2.45, 2.75) is 45.9 Å². The molecule has 2 heterocycles. The molecule has 0 aliphatic carbocycles. The zero-order valence-electron chi connectivity index (χ0n) is 15.0. The molecule has 0 aliphatic heterocycles. The molecule has 4 heteroatoms. The Balaban J connectivity index is 2.16. The number of pyridine rings is 1. The van der Waals surface area contributed by atoms with E-state index in [0.29, 0.717) is 6.61 Å². The molecule has 3 aromatic rings. The molecule has 0 amide bonds. The van der Waals surface area contributed by atoms with Crippen LogP contribution in [0.4, 0.5) is 0 Å². The van der Waals surface area contributed by atoms with Gasteiger partial charge in [-0.05, 0) is 47.8 Å². The molecule has 125 valence electrons. The molecule has 0 N–H and O–H groups in total. The van der Waals surface area contributed by atoms with Crippen LogP contribution in [0, 0.1) is 0 Å². The van der Waals surface area contributed by atoms with Crippen LogP contribution < -0.4 is 0 Å². The van der Waals surface area contributed by atoms with Gasteiger partial charge in [0.2, 0.25) is 9.04 Å². The maximum Gasteiger partial charge on any atom is 0.205 e. The van der Waals surface area contributed by atoms with Crippen LogP contribution in [-0.2, 0) is 16.4 Å². The van der Waals surface area contributed by atoms with Gasteiger partial charge in [-0.1, -0.05) is 32.9 Å². The molecule has 0 unspecified atom stereocenters. The van der Waals surface area contributed by atoms with Gasteiger partial charge in [-0.2, -0.15) is 0 Å². The highest BCUT2D eigenvalue weighted by Crippen LogP contribution is 2.32. The summed E-state index contributed by atoms with van der Waals surface area (Å²) in [5, 5.41) is 1.15. The van der Waals surface area contributed by atoms with Gasteiger partial charge in [0, 0.05) is 10.9 Å². The first-order valence-electron chi connectivity index (χ1n) is 8.24. The van der Waals surface area contributed by atoms with E-state index in [2.05, 4.69) is 58.1 Å². The Hall–Kier alpha value is -1.91. The van der Waals surface area contributed by atoms with E-state index in [1.807, 2.05) is 6.07 Å². The predicted octanol–water partition coefficient (Wildman–Crippen LogP) is 5.56. The minimum atomic E-state index is -0.740. The summed E-state index contributed by atoms with van der Waals surface area (Å²) in [5.74, 6) is 0. The highest BCUT2D eigenvalue weighted by atomic mass is 28.3. The average Bonchev–Trinajstić information content (AvgIpc) is 3.04. The first-order valence-corrected chi connectivity index (χ1v) is 10.6. The fraction of sp³-hybridized carbons (Fsp3) is 0.350. The number of aromatic nitrogens is 1. The Bertz CT molecular complexity index is 833. The molecule has 3 rings (SSSR count). The highest BCUT2D eigenvalue weighted by Gasteiger charge is 2.16. The average molecular weight is 339 g/mol. The number of hydrogen-bond acceptors (Lipinski definition) is 3. The molecule has 0 atom stereocenters. The van der Waals surface area contributed by atoms with Crippen LogP contribution >= 0.6 is 0 Å². The zero-order chi connectivity index (χ0) is 17.3. The second-order valence-corrected chi connectivity index (χ2v) is 9.46. The summed E-state index contributed by atoms with van der Waals surface area (Å²) in [4.78, 5) is 4.85. The Morgan fingerprint density at radius 3 is 2.54 bits per heavy atom. The van der Waals surface area contributed by atoms with Crippen molar-refractivity contribution >= 4 is 19.9 Å². The monoisotopic (exact) mass is 338 g/mol. The molecule has 3 nitrogen and oxygen atoms in total. The second kappa shape index (κ2) is 6.53. The van der Waals surface area contributed by atoms with Crippen molar-refractivity contribution in [1.82, 2.24) is 4.98 Å². The van der Waals surface area contributed by atoms with Crippen molar-refractivity contribution in [2.75, 3.05) is 0 Å². The molecular weight excluding hydrogens is 314 g/mol. The normalized spacial score (nSPS) is 12.2. The van der Waals surface area contributed by atoms with Crippen LogP contribution in [-0.4, -0.2) is 14.0 Å². The van der Waals surface area contributed by atoms with E-state index in [-0.39, 0.29) is 5.41 Å². The van der Waals surface area contributed by atoms with E-state index in [0.717, 1.165) is 27.7 Å². The lowest BCUT2D eigenvalue weighted by atomic mass is 9.86. The van der Waals surface area contributed by atoms with Gasteiger partial charge < -0.3 is 8.84 Å². The largest absolute Gasteiger partial charge is 0.472 e. The van der Waals surface area contributed by atoms with Crippen LogP contribution in [0.1, 0.15) is 32.0 Å². The topological polar surface area (TPSA) is 35.3 Å². The molecule has 24 heavy (non-hydrogen) atoms. The van der Waals surface area contributed by atoms with Crippen LogP contribution in [0.5, 0.6) is 0 Å². The van der Waals surface area contributed by atoms with Gasteiger partial charge in [-0.25, -0.2) is 0 Å². The molecule has 1 aromatic carbocycles. The Labute approximate surface area is 145 Å². The lowest BCUT2D eigenvalue weighted by Crippen LogP contribution is -2.11. The fourth-order valence-electron chi connectivity index (χ4n) is 2.70. The quantitative estimate of drug-likeness (QED) is 0.584. The summed E-state index contributed by atoms with van der Waals surface area (Å²) in [7, 11) is -0.740. The third-order valence-corrected chi connectivity index (χ3v) is 4.79. The van der Waals surface area contributed by atoms with Gasteiger partial charge in [0.1, 0.15) is 0 Å². The Morgan fingerprint density at radius 2 is 1.92 bits per heavy atom. The summed E-state index contributed by atoms with van der Waals surface area (Å²) in [5.41, 5.74) is 5.59. The summed E-state index contributed by atoms with van der Waals surface area (Å²) >= 11 is 0. The molecule has 0 spiro atoms. The molecule has 0 saturated heterocycles. The van der Waals surface area contributed by atoms with Crippen molar-refractivity contribution < 1.29 is 8.84 Å². The molecule has 0 saturated carbocycles. The van der Waals surface area contributed by atoms with Crippen molar-refractivity contribution in [3.05, 3.63) is 54.1 Å². The molecule has 0 aliphatic rings. The Kier molecular flexibility index (Phi) is 4.61. The van der Waals surface area contributed by atoms with Crippen LogP contribution in [0.15, 0.2) is 47.3 Å². The van der Waals surface area contributed by atoms with Crippen molar-refractivity contribution in [3.8, 4) is 11.1 Å². The van der Waals surface area contributed by atoms with Gasteiger partial charge in [0.15, 0.2) is 0 Å². The van der Waals surface area contributed by atoms with E-state index in [1.54, 1.807) is 12.5 Å². The summed E-state index contributed by atoms with van der Waals surface area (Å²) in [6.07, 6.45) is 3.49. The lowest BCUT2D eigenvalue weighted by Gasteiger charge is -2.20. The standard InChI is InChI=1S/C20H24NO2Si/c1-20(2,3)15-6-7-17-18(14-8-9-22-12-14)11-16(13-23-24(4)5)21-19(17)10-15/h6-12H,13H2,1-5H3. The van der Waals surface area contributed by atoms with Gasteiger partial charge >= 0.3 is 0 Å². The maximum atomic E-state index is 5.86. The fourth-order valence-corrected chi connectivity index (χ4v) is 3.14. The lowest BCUT2D eigenvalue weighted by molar-refractivity contribution is 0.310. The first-order chi connectivity index (χ1) is 11.3. The van der Waals surface area contributed by atoms with Gasteiger partial charge in [0.25, 0.3) is 0 Å². The number of nitrogens with zero attached hydrogens (tertiary/aromatic N) is 1. The summed E-state index contributed by atoms with van der Waals surface area (Å²) < 4.78 is 11.1. The molecule has 0 fully saturated rings. The number of furan rings is 1. The highest BCUT2D eigenvalue weighted by molar-refractivity contribution is 6.48. The van der Waals surface area contributed by atoms with Crippen LogP contribution in [0.3, 0.4) is 0 Å². The van der Waals surface area contributed by atoms with Crippen LogP contribution in [0.2, 0.25) is 13.1 Å². The van der Waals surface area contributed by atoms with E-state index in [9.17, 15) is 0 Å². The number of fused-ring (bicyclic) bond motifs is 1. The minimum Gasteiger partial charge on any atom is -0.472 e. The molecule has 2 aromatic heterocycles. The smallest absolute Gasteiger partial charge is 0.205 e. The number of rotatable bonds is 4. The van der Waals surface area contributed by atoms with Gasteiger partial charge in [0.05, 0.1) is 30.3 Å². The zero-order valence-corrected chi connectivity index (χ0v) is 16.0. The summed E-state index contributed by atoms with van der Waals surface area (Å²) in [6.45, 7) is 11.5.